The van der Waals surface area contributed by atoms with Crippen molar-refractivity contribution >= 4 is 12.1 Å². The molecule has 7 nitrogen and oxygen atoms in total. The van der Waals surface area contributed by atoms with Gasteiger partial charge in [-0.05, 0) is 41.3 Å². The first-order chi connectivity index (χ1) is 14.4. The number of furan rings is 1. The van der Waals surface area contributed by atoms with Crippen LogP contribution in [0.3, 0.4) is 0 Å². The zero-order chi connectivity index (χ0) is 21.3. The number of carboxylic acids is 1. The maximum Gasteiger partial charge on any atom is 0.408 e. The van der Waals surface area contributed by atoms with E-state index in [0.717, 1.165) is 22.3 Å². The maximum absolute atomic E-state index is 12.5. The van der Waals surface area contributed by atoms with Gasteiger partial charge in [0.05, 0.1) is 6.61 Å². The van der Waals surface area contributed by atoms with Gasteiger partial charge in [-0.3, -0.25) is 0 Å². The third-order valence-corrected chi connectivity index (χ3v) is 5.40. The number of carboxylic acid groups (broad SMARTS) is 1. The number of aliphatic hydroxyl groups excluding tert-OH is 1. The van der Waals surface area contributed by atoms with Gasteiger partial charge >= 0.3 is 12.1 Å². The van der Waals surface area contributed by atoms with Crippen LogP contribution in [0.25, 0.3) is 11.1 Å². The van der Waals surface area contributed by atoms with E-state index in [1.165, 1.54) is 19.1 Å². The Kier molecular flexibility index (Phi) is 5.05. The van der Waals surface area contributed by atoms with Crippen molar-refractivity contribution in [2.75, 3.05) is 13.2 Å². The lowest BCUT2D eigenvalue weighted by molar-refractivity contribution is 0.0650. The molecule has 0 saturated heterocycles. The van der Waals surface area contributed by atoms with Gasteiger partial charge in [0.2, 0.25) is 5.76 Å². The second-order valence-electron chi connectivity index (χ2n) is 7.41. The van der Waals surface area contributed by atoms with Crippen LogP contribution in [0, 0.1) is 0 Å². The molecule has 1 aliphatic carbocycles. The van der Waals surface area contributed by atoms with Crippen molar-refractivity contribution in [3.63, 3.8) is 0 Å². The molecule has 1 heterocycles. The molecule has 2 aromatic carbocycles. The van der Waals surface area contributed by atoms with Gasteiger partial charge in [0, 0.05) is 5.92 Å². The summed E-state index contributed by atoms with van der Waals surface area (Å²) in [6.07, 6.45) is -0.735. The number of hydrogen-bond acceptors (Lipinski definition) is 5. The Morgan fingerprint density at radius 2 is 1.63 bits per heavy atom. The third-order valence-electron chi connectivity index (χ3n) is 5.40. The van der Waals surface area contributed by atoms with Crippen molar-refractivity contribution in [1.82, 2.24) is 5.32 Å². The molecule has 3 aromatic rings. The normalized spacial score (nSPS) is 14.5. The van der Waals surface area contributed by atoms with Crippen LogP contribution >= 0.6 is 0 Å². The van der Waals surface area contributed by atoms with Crippen molar-refractivity contribution < 1.29 is 29.0 Å². The van der Waals surface area contributed by atoms with Gasteiger partial charge in [-0.15, -0.1) is 0 Å². The minimum atomic E-state index is -1.32. The summed E-state index contributed by atoms with van der Waals surface area (Å²) in [4.78, 5) is 23.5. The number of fused-ring (bicyclic) bond motifs is 3. The highest BCUT2D eigenvalue weighted by molar-refractivity contribution is 5.84. The number of aromatic carboxylic acids is 1. The summed E-state index contributed by atoms with van der Waals surface area (Å²) >= 11 is 0. The van der Waals surface area contributed by atoms with E-state index in [1.807, 2.05) is 48.5 Å². The van der Waals surface area contributed by atoms with Crippen LogP contribution in [-0.4, -0.2) is 35.5 Å². The number of carbonyl (C=O) groups excluding carboxylic acids is 1. The minimum absolute atomic E-state index is 0.0919. The topological polar surface area (TPSA) is 109 Å². The summed E-state index contributed by atoms with van der Waals surface area (Å²) in [7, 11) is 0. The average Bonchev–Trinajstić information content (AvgIpc) is 3.37. The lowest BCUT2D eigenvalue weighted by Gasteiger charge is -2.26. The number of nitrogens with one attached hydrogen (secondary N) is 1. The molecule has 1 unspecified atom stereocenters. The standard InChI is InChI=1S/C23H21NO6/c1-23(13-25,20-11-10-19(30-20)21(26)27)24-22(28)29-12-18-16-8-4-2-6-14(16)15-7-3-5-9-17(15)18/h2-11,18,25H,12-13H2,1H3,(H,24,28)(H,26,27). The lowest BCUT2D eigenvalue weighted by atomic mass is 9.98. The minimum Gasteiger partial charge on any atom is -0.475 e. The predicted octanol–water partition coefficient (Wildman–Crippen LogP) is 3.72. The highest BCUT2D eigenvalue weighted by atomic mass is 16.5. The molecular formula is C23H21NO6. The Balaban J connectivity index is 1.49. The highest BCUT2D eigenvalue weighted by Crippen LogP contribution is 2.44. The van der Waals surface area contributed by atoms with Crippen LogP contribution in [0.15, 0.2) is 65.1 Å². The Hall–Kier alpha value is -3.58. The monoisotopic (exact) mass is 407 g/mol. The van der Waals surface area contributed by atoms with Crippen LogP contribution in [0.5, 0.6) is 0 Å². The number of amides is 1. The van der Waals surface area contributed by atoms with E-state index in [0.29, 0.717) is 0 Å². The second-order valence-corrected chi connectivity index (χ2v) is 7.41. The Labute approximate surface area is 172 Å². The largest absolute Gasteiger partial charge is 0.475 e. The van der Waals surface area contributed by atoms with Crippen molar-refractivity contribution in [1.29, 1.82) is 0 Å². The smallest absolute Gasteiger partial charge is 0.408 e. The fourth-order valence-corrected chi connectivity index (χ4v) is 3.79. The van der Waals surface area contributed by atoms with Gasteiger partial charge in [-0.1, -0.05) is 48.5 Å². The van der Waals surface area contributed by atoms with Crippen LogP contribution in [0.4, 0.5) is 4.79 Å². The summed E-state index contributed by atoms with van der Waals surface area (Å²) in [5.74, 6) is -1.48. The molecule has 0 aliphatic heterocycles. The van der Waals surface area contributed by atoms with E-state index in [1.54, 1.807) is 0 Å². The van der Waals surface area contributed by atoms with Crippen LogP contribution < -0.4 is 5.32 Å². The molecule has 30 heavy (non-hydrogen) atoms. The number of carbonyl (C=O) groups is 2. The predicted molar refractivity (Wildman–Crippen MR) is 108 cm³/mol. The number of aliphatic hydroxyl groups is 1. The highest BCUT2D eigenvalue weighted by Gasteiger charge is 2.34. The fraction of sp³-hybridized carbons (Fsp3) is 0.217. The summed E-state index contributed by atoms with van der Waals surface area (Å²) in [5.41, 5.74) is 3.11. The van der Waals surface area contributed by atoms with Gasteiger partial charge in [0.25, 0.3) is 0 Å². The molecule has 3 N–H and O–H groups in total. The number of rotatable bonds is 6. The molecule has 1 amide bonds. The van der Waals surface area contributed by atoms with Crippen molar-refractivity contribution in [2.45, 2.75) is 18.4 Å². The SMILES string of the molecule is CC(CO)(NC(=O)OCC1c2ccccc2-c2ccccc21)c1ccc(C(=O)O)o1. The number of benzene rings is 2. The van der Waals surface area contributed by atoms with Crippen molar-refractivity contribution in [3.8, 4) is 11.1 Å². The molecule has 1 atom stereocenters. The van der Waals surface area contributed by atoms with Gasteiger partial charge in [0.1, 0.15) is 17.9 Å². The number of alkyl carbamates (subject to hydrolysis) is 1. The van der Waals surface area contributed by atoms with E-state index < -0.39 is 24.2 Å². The van der Waals surface area contributed by atoms with E-state index in [9.17, 15) is 14.7 Å². The molecule has 4 rings (SSSR count). The molecule has 1 aromatic heterocycles. The van der Waals surface area contributed by atoms with Crippen molar-refractivity contribution in [3.05, 3.63) is 83.3 Å². The van der Waals surface area contributed by atoms with E-state index in [-0.39, 0.29) is 24.0 Å². The molecular weight excluding hydrogens is 386 g/mol. The lowest BCUT2D eigenvalue weighted by Crippen LogP contribution is -2.46. The summed E-state index contributed by atoms with van der Waals surface area (Å²) in [6, 6.07) is 18.7. The fourth-order valence-electron chi connectivity index (χ4n) is 3.79. The van der Waals surface area contributed by atoms with E-state index in [4.69, 9.17) is 14.3 Å². The average molecular weight is 407 g/mol. The van der Waals surface area contributed by atoms with Gasteiger partial charge in [-0.2, -0.15) is 0 Å². The molecule has 154 valence electrons. The van der Waals surface area contributed by atoms with Crippen LogP contribution in [0.1, 0.15) is 40.3 Å². The first-order valence-corrected chi connectivity index (χ1v) is 9.50. The quantitative estimate of drug-likeness (QED) is 0.575. The zero-order valence-corrected chi connectivity index (χ0v) is 16.3. The van der Waals surface area contributed by atoms with Crippen LogP contribution in [-0.2, 0) is 10.3 Å². The zero-order valence-electron chi connectivity index (χ0n) is 16.3. The molecule has 0 spiro atoms. The van der Waals surface area contributed by atoms with E-state index >= 15 is 0 Å². The Bertz CT molecular complexity index is 1060. The summed E-state index contributed by atoms with van der Waals surface area (Å²) < 4.78 is 10.7. The van der Waals surface area contributed by atoms with Crippen molar-refractivity contribution in [2.24, 2.45) is 0 Å². The molecule has 1 aliphatic rings. The summed E-state index contributed by atoms with van der Waals surface area (Å²) in [5, 5.41) is 21.4. The van der Waals surface area contributed by atoms with Gasteiger partial charge in [-0.25, -0.2) is 9.59 Å². The third kappa shape index (κ3) is 3.44. The molecule has 0 saturated carbocycles. The number of ether oxygens (including phenoxy) is 1. The molecule has 0 fully saturated rings. The first-order valence-electron chi connectivity index (χ1n) is 9.50. The maximum atomic E-state index is 12.5. The van der Waals surface area contributed by atoms with Gasteiger partial charge in [0.15, 0.2) is 0 Å². The second kappa shape index (κ2) is 7.68. The number of hydrogen-bond donors (Lipinski definition) is 3. The van der Waals surface area contributed by atoms with Gasteiger partial charge < -0.3 is 24.7 Å². The molecule has 0 bridgehead atoms. The summed E-state index contributed by atoms with van der Waals surface area (Å²) in [6.45, 7) is 1.16. The van der Waals surface area contributed by atoms with Crippen LogP contribution in [0.2, 0.25) is 0 Å². The molecule has 7 heteroatoms. The van der Waals surface area contributed by atoms with E-state index in [2.05, 4.69) is 5.32 Å². The Morgan fingerprint density at radius 3 is 2.17 bits per heavy atom. The Morgan fingerprint density at radius 1 is 1.03 bits per heavy atom. The first kappa shape index (κ1) is 19.7. The molecule has 0 radical (unpaired) electrons.